The summed E-state index contributed by atoms with van der Waals surface area (Å²) in [5.74, 6) is 1.93. The Bertz CT molecular complexity index is 1310. The summed E-state index contributed by atoms with van der Waals surface area (Å²) < 4.78 is 30.1. The van der Waals surface area contributed by atoms with Crippen LogP contribution >= 0.6 is 13.8 Å². The first-order valence-corrected chi connectivity index (χ1v) is 38.7. The minimum absolute atomic E-state index is 0. The summed E-state index contributed by atoms with van der Waals surface area (Å²) in [5.41, 5.74) is 0.461. The molecule has 0 aromatic heterocycles. The van der Waals surface area contributed by atoms with Crippen molar-refractivity contribution in [1.29, 1.82) is 0 Å². The predicted octanol–water partition coefficient (Wildman–Crippen LogP) is 12.6. The number of hydrogen-bond donors (Lipinski definition) is 0. The van der Waals surface area contributed by atoms with Crippen molar-refractivity contribution in [3.05, 3.63) is 12.2 Å². The molecule has 0 bridgehead atoms. The topological polar surface area (TPSA) is 126 Å². The zero-order valence-electron chi connectivity index (χ0n) is 35.3. The molecule has 19 heteroatoms. The molecular formula is C42H95O9P2S4Si4. The van der Waals surface area contributed by atoms with Crippen molar-refractivity contribution in [2.24, 2.45) is 29.6 Å². The maximum atomic E-state index is 12.8. The van der Waals surface area contributed by atoms with E-state index in [0.717, 1.165) is 69.8 Å². The van der Waals surface area contributed by atoms with Crippen molar-refractivity contribution in [2.45, 2.75) is 194 Å². The van der Waals surface area contributed by atoms with Gasteiger partial charge in [0.1, 0.15) is 45.2 Å². The van der Waals surface area contributed by atoms with Crippen LogP contribution in [0.4, 0.5) is 0 Å². The number of ether oxygens (including phenoxy) is 2. The van der Waals surface area contributed by atoms with Gasteiger partial charge in [0.15, 0.2) is 16.6 Å². The van der Waals surface area contributed by atoms with E-state index in [9.17, 15) is 19.4 Å². The van der Waals surface area contributed by atoms with Gasteiger partial charge >= 0.3 is 29.8 Å². The number of esters is 2. The quantitative estimate of drug-likeness (QED) is 0.0445. The molecule has 4 atom stereocenters. The molecule has 0 heterocycles. The highest BCUT2D eigenvalue weighted by Crippen LogP contribution is 2.35. The highest BCUT2D eigenvalue weighted by Gasteiger charge is 2.42. The van der Waals surface area contributed by atoms with E-state index in [-0.39, 0.29) is 62.4 Å². The summed E-state index contributed by atoms with van der Waals surface area (Å²) >= 11 is 9.55. The third-order valence-corrected chi connectivity index (χ3v) is 28.5. The first kappa shape index (κ1) is 73.4. The second kappa shape index (κ2) is 37.9. The molecule has 0 saturated heterocycles. The van der Waals surface area contributed by atoms with Crippen LogP contribution in [-0.2, 0) is 72.8 Å². The lowest BCUT2D eigenvalue weighted by atomic mass is 9.79. The molecule has 2 saturated carbocycles. The van der Waals surface area contributed by atoms with Gasteiger partial charge in [-0.25, -0.2) is 4.79 Å². The Balaban J connectivity index is -0.000000252. The van der Waals surface area contributed by atoms with Crippen LogP contribution in [0.2, 0.25) is 58.4 Å². The van der Waals surface area contributed by atoms with Gasteiger partial charge in [0, 0.05) is 34.0 Å². The molecule has 0 N–H and O–H groups in total. The van der Waals surface area contributed by atoms with Gasteiger partial charge in [0.05, 0.1) is 19.1 Å². The molecule has 0 aromatic rings. The molecule has 0 aliphatic heterocycles. The van der Waals surface area contributed by atoms with Gasteiger partial charge in [0.25, 0.3) is 0 Å². The van der Waals surface area contributed by atoms with Gasteiger partial charge in [-0.05, 0) is 109 Å². The molecule has 1 radical (unpaired) electrons. The summed E-state index contributed by atoms with van der Waals surface area (Å²) in [6, 6.07) is 0.586. The molecule has 61 heavy (non-hydrogen) atoms. The lowest BCUT2D eigenvalue weighted by Gasteiger charge is -2.37. The van der Waals surface area contributed by atoms with Gasteiger partial charge in [-0.2, -0.15) is 0 Å². The Labute approximate surface area is 401 Å². The maximum Gasteiger partial charge on any atom is 0.360 e. The molecule has 2 fully saturated rings. The van der Waals surface area contributed by atoms with Crippen LogP contribution in [0.5, 0.6) is 0 Å². The molecule has 0 aromatic carbocycles. The minimum atomic E-state index is -2.60. The minimum Gasteiger partial charge on any atom is -0.620 e. The Morgan fingerprint density at radius 1 is 0.689 bits per heavy atom. The van der Waals surface area contributed by atoms with Gasteiger partial charge in [-0.1, -0.05) is 109 Å². The van der Waals surface area contributed by atoms with E-state index in [1.54, 1.807) is 6.92 Å². The smallest absolute Gasteiger partial charge is 0.360 e. The average Bonchev–Trinajstić information content (AvgIpc) is 3.08. The second-order valence-corrected chi connectivity index (χ2v) is 40.6. The van der Waals surface area contributed by atoms with Crippen molar-refractivity contribution in [3.63, 3.8) is 0 Å². The lowest BCUT2D eigenvalue weighted by Crippen LogP contribution is -2.53. The normalized spacial score (nSPS) is 20.4. The summed E-state index contributed by atoms with van der Waals surface area (Å²) in [6.45, 7) is 22.8. The fourth-order valence-corrected chi connectivity index (χ4v) is 25.1. The largest absolute Gasteiger partial charge is 0.620 e. The Morgan fingerprint density at radius 3 is 1.38 bits per heavy atom. The summed E-state index contributed by atoms with van der Waals surface area (Å²) in [6.07, 6.45) is 14.9. The van der Waals surface area contributed by atoms with E-state index >= 15 is 0 Å². The number of carbonyl (C=O) groups is 2. The fraction of sp³-hybridized carbons (Fsp3) is 0.905. The van der Waals surface area contributed by atoms with Crippen LogP contribution in [0.25, 0.3) is 0 Å². The SMILES string of the molecule is C.C.C.C.C.C.C=C(C)C(=O)OCCC1CCC(CC[P+]([O-])=S=S)CC1.CC(C[Si](C)(O[Si](C)O[Si](C)(C)C)O[Si](C)(C)C)C(=O)OCCC1CCC(CC[P+]([O-])=S=S)CC1. The average molecular weight is 1050 g/mol. The Morgan fingerprint density at radius 2 is 1.05 bits per heavy atom. The predicted molar refractivity (Wildman–Crippen MR) is 287 cm³/mol. The third kappa shape index (κ3) is 36.6. The van der Waals surface area contributed by atoms with Crippen LogP contribution in [0.3, 0.4) is 0 Å². The molecular weight excluding hydrogens is 951 g/mol. The molecule has 2 rings (SSSR count). The maximum absolute atomic E-state index is 12.8. The van der Waals surface area contributed by atoms with E-state index in [1.165, 1.54) is 38.5 Å². The van der Waals surface area contributed by atoms with Crippen molar-refractivity contribution in [2.75, 3.05) is 25.5 Å². The van der Waals surface area contributed by atoms with E-state index < -0.39 is 48.3 Å². The zero-order chi connectivity index (χ0) is 41.8. The Kier molecular flexibility index (Phi) is 45.6. The monoisotopic (exact) mass is 1050 g/mol. The summed E-state index contributed by atoms with van der Waals surface area (Å²) in [5, 5.41) is 0. The first-order chi connectivity index (χ1) is 25.5. The van der Waals surface area contributed by atoms with Crippen LogP contribution in [0.15, 0.2) is 12.2 Å². The van der Waals surface area contributed by atoms with Gasteiger partial charge in [-0.15, -0.1) is 0 Å². The van der Waals surface area contributed by atoms with Crippen molar-refractivity contribution < 1.29 is 41.2 Å². The lowest BCUT2D eigenvalue weighted by molar-refractivity contribution is -0.152. The molecule has 0 amide bonds. The number of rotatable bonds is 22. The van der Waals surface area contributed by atoms with Gasteiger partial charge in [-0.3, -0.25) is 4.79 Å². The van der Waals surface area contributed by atoms with Crippen molar-refractivity contribution in [1.82, 2.24) is 0 Å². The van der Waals surface area contributed by atoms with Crippen LogP contribution in [0.1, 0.15) is 135 Å². The third-order valence-electron chi connectivity index (χ3n) is 9.83. The van der Waals surface area contributed by atoms with Crippen molar-refractivity contribution >= 4 is 102 Å². The van der Waals surface area contributed by atoms with E-state index in [1.807, 2.05) is 13.5 Å². The second-order valence-electron chi connectivity index (χ2n) is 17.5. The van der Waals surface area contributed by atoms with Crippen LogP contribution in [-0.4, -0.2) is 72.0 Å². The fourth-order valence-electron chi connectivity index (χ4n) is 7.33. The standard InChI is InChI=1S/C22H48O6PS2Si4.C14H23O3PS2.6CH4/c1-19(18-35(9,28-34(6,7)8)27-32(2)26-33(3,4)5)22(23)25-16-14-20-10-12-21(13-11-20)15-17-29(24)31-30;1-11(2)14(15)17-9-7-12-3-5-13(6-4-12)8-10-18(16)20-19;;;;;;/h19-21H,10-18H2,1-9H3;12-13H,1,3-10H2,2H3;6*1H4. The van der Waals surface area contributed by atoms with Gasteiger partial charge < -0.3 is 31.6 Å². The van der Waals surface area contributed by atoms with E-state index in [0.29, 0.717) is 48.5 Å². The number of hydrogen-bond acceptors (Lipinski definition) is 11. The van der Waals surface area contributed by atoms with Crippen molar-refractivity contribution in [3.8, 4) is 0 Å². The van der Waals surface area contributed by atoms with E-state index in [4.69, 9.17) is 44.2 Å². The van der Waals surface area contributed by atoms with Crippen LogP contribution in [0, 0.1) is 29.6 Å². The summed E-state index contributed by atoms with van der Waals surface area (Å²) in [7, 11) is -5.46. The van der Waals surface area contributed by atoms with Crippen LogP contribution < -0.4 is 9.79 Å². The Hall–Kier alpha value is 0.828. The number of carbonyl (C=O) groups excluding carboxylic acids is 2. The molecule has 4 unspecified atom stereocenters. The van der Waals surface area contributed by atoms with E-state index in [2.05, 4.69) is 52.4 Å². The molecule has 9 nitrogen and oxygen atoms in total. The molecule has 367 valence electrons. The first-order valence-electron chi connectivity index (χ1n) is 19.9. The highest BCUT2D eigenvalue weighted by atomic mass is 32.9. The summed E-state index contributed by atoms with van der Waals surface area (Å²) in [4.78, 5) is 47.0. The molecule has 2 aliphatic carbocycles. The molecule has 0 spiro atoms. The zero-order valence-corrected chi connectivity index (χ0v) is 44.4. The highest BCUT2D eigenvalue weighted by molar-refractivity contribution is 8.34. The van der Waals surface area contributed by atoms with Gasteiger partial charge in [0.2, 0.25) is 0 Å². The molecule has 2 aliphatic rings.